The summed E-state index contributed by atoms with van der Waals surface area (Å²) in [7, 11) is 1.61. The third kappa shape index (κ3) is 9.06. The Morgan fingerprint density at radius 2 is 1.13 bits per heavy atom. The number of Topliss-reactive ketones (excluding diaryl/α,β-unsaturated/α-hetero) is 1. The third-order valence-electron chi connectivity index (χ3n) is 13.8. The quantitative estimate of drug-likeness (QED) is 0.0606. The molecule has 356 valence electrons. The molecule has 0 aliphatic carbocycles. The number of hydrogen-bond acceptors (Lipinski definition) is 9. The van der Waals surface area contributed by atoms with Crippen LogP contribution in [0, 0.1) is 0 Å². The lowest BCUT2D eigenvalue weighted by molar-refractivity contribution is 0.0639. The maximum atomic E-state index is 14.3. The summed E-state index contributed by atoms with van der Waals surface area (Å²) >= 11 is 0. The van der Waals surface area contributed by atoms with E-state index >= 15 is 0 Å². The Labute approximate surface area is 413 Å². The van der Waals surface area contributed by atoms with Gasteiger partial charge in [-0.05, 0) is 125 Å². The molecule has 1 amide bonds. The number of furan rings is 1. The lowest BCUT2D eigenvalue weighted by atomic mass is 9.74. The molecule has 1 aliphatic rings. The first-order chi connectivity index (χ1) is 34.1. The van der Waals surface area contributed by atoms with Crippen LogP contribution in [0.25, 0.3) is 0 Å². The van der Waals surface area contributed by atoms with E-state index in [2.05, 4.69) is 26.0 Å². The van der Waals surface area contributed by atoms with Gasteiger partial charge in [-0.25, -0.2) is 9.59 Å². The van der Waals surface area contributed by atoms with Crippen LogP contribution in [0.1, 0.15) is 127 Å². The lowest BCUT2D eigenvalue weighted by Gasteiger charge is -2.40. The molecule has 0 radical (unpaired) electrons. The summed E-state index contributed by atoms with van der Waals surface area (Å²) < 4.78 is 22.8. The number of esters is 2. The van der Waals surface area contributed by atoms with Gasteiger partial charge >= 0.3 is 11.9 Å². The fraction of sp³-hybridized carbons (Fsp3) is 0.180. The predicted molar refractivity (Wildman–Crippen MR) is 270 cm³/mol. The van der Waals surface area contributed by atoms with Crippen molar-refractivity contribution in [3.8, 4) is 17.2 Å². The van der Waals surface area contributed by atoms with E-state index in [1.165, 1.54) is 13.0 Å². The number of methoxy groups -OCH3 is 1. The van der Waals surface area contributed by atoms with Crippen molar-refractivity contribution in [2.45, 2.75) is 63.6 Å². The zero-order chi connectivity index (χ0) is 50.1. The minimum Gasteiger partial charge on any atom is -0.497 e. The molecule has 71 heavy (non-hydrogen) atoms. The Hall–Kier alpha value is -8.34. The molecule has 0 bridgehead atoms. The molecule has 8 aromatic rings. The van der Waals surface area contributed by atoms with Gasteiger partial charge < -0.3 is 28.6 Å². The van der Waals surface area contributed by atoms with Crippen LogP contribution >= 0.6 is 0 Å². The Kier molecular flexibility index (Phi) is 12.9. The molecule has 10 heteroatoms. The highest BCUT2D eigenvalue weighted by molar-refractivity contribution is 6.02. The molecule has 9 rings (SSSR count). The molecule has 2 heterocycles. The van der Waals surface area contributed by atoms with Crippen molar-refractivity contribution in [3.63, 3.8) is 0 Å². The molecule has 1 N–H and O–H groups in total. The van der Waals surface area contributed by atoms with E-state index in [0.29, 0.717) is 45.3 Å². The molecule has 2 atom stereocenters. The van der Waals surface area contributed by atoms with Crippen molar-refractivity contribution in [2.24, 2.45) is 0 Å². The van der Waals surface area contributed by atoms with Crippen LogP contribution in [-0.4, -0.2) is 40.7 Å². The van der Waals surface area contributed by atoms with Gasteiger partial charge in [0.15, 0.2) is 5.78 Å². The molecule has 0 saturated heterocycles. The Balaban J connectivity index is 0.905. The average Bonchev–Trinajstić information content (AvgIpc) is 4.01. The van der Waals surface area contributed by atoms with Crippen LogP contribution < -0.4 is 14.2 Å². The maximum Gasteiger partial charge on any atom is 0.343 e. The number of rotatable bonds is 15. The molecule has 10 nitrogen and oxygen atoms in total. The van der Waals surface area contributed by atoms with Crippen molar-refractivity contribution < 1.29 is 42.9 Å². The fourth-order valence-electron chi connectivity index (χ4n) is 9.59. The Bertz CT molecular complexity index is 3250. The van der Waals surface area contributed by atoms with Gasteiger partial charge in [-0.15, -0.1) is 0 Å². The number of fused-ring (bicyclic) bond motifs is 1. The first-order valence-corrected chi connectivity index (χ1v) is 23.3. The number of nitrogens with zero attached hydrogens (tertiary/aromatic N) is 1. The number of benzene rings is 7. The van der Waals surface area contributed by atoms with Crippen LogP contribution in [0.5, 0.6) is 17.2 Å². The van der Waals surface area contributed by atoms with Gasteiger partial charge in [0.1, 0.15) is 28.5 Å². The topological polar surface area (TPSA) is 133 Å². The van der Waals surface area contributed by atoms with E-state index in [1.807, 2.05) is 110 Å². The zero-order valence-corrected chi connectivity index (χ0v) is 40.3. The summed E-state index contributed by atoms with van der Waals surface area (Å²) in [5.74, 6) is 0.586. The van der Waals surface area contributed by atoms with Crippen molar-refractivity contribution in [3.05, 3.63) is 255 Å². The van der Waals surface area contributed by atoms with Crippen molar-refractivity contribution in [1.29, 1.82) is 0 Å². The second-order valence-corrected chi connectivity index (χ2v) is 18.9. The van der Waals surface area contributed by atoms with Gasteiger partial charge in [0.2, 0.25) is 0 Å². The van der Waals surface area contributed by atoms with Crippen LogP contribution in [0.15, 0.2) is 193 Å². The number of hydrogen-bond donors (Lipinski definition) is 1. The lowest BCUT2D eigenvalue weighted by Crippen LogP contribution is -2.45. The highest BCUT2D eigenvalue weighted by atomic mass is 16.5. The second-order valence-electron chi connectivity index (χ2n) is 18.9. The maximum absolute atomic E-state index is 14.3. The highest BCUT2D eigenvalue weighted by Crippen LogP contribution is 2.50. The minimum atomic E-state index is -1.07. The predicted octanol–water partition coefficient (Wildman–Crippen LogP) is 12.2. The SMILES string of the molecule is COc1ccc(C2(c3ccc(OC(=O)c4cccc(C(O)C(C)(C)c5ccc(C(C)(C)c6ccc(OC(=O)c7cccc(C(C)=O)c7)cc6)cc5)c4)cc3)c3ccccc3C(=O)N2Cc2ccco2)cc1. The molecular formula is C61H53NO9. The van der Waals surface area contributed by atoms with E-state index in [4.69, 9.17) is 18.6 Å². The van der Waals surface area contributed by atoms with Gasteiger partial charge in [0.05, 0.1) is 37.1 Å². The Morgan fingerprint density at radius 3 is 1.70 bits per heavy atom. The number of ketones is 1. The second kappa shape index (κ2) is 19.2. The van der Waals surface area contributed by atoms with Gasteiger partial charge in [-0.2, -0.15) is 0 Å². The number of amides is 1. The standard InChI is InChI=1S/C61H53NO9/c1-39(63)40-12-9-14-42(36-40)57(66)70-50-31-23-45(24-32-50)59(2,3)44-19-21-46(22-20-44)60(4,5)55(64)41-13-10-15-43(37-41)58(67)71-51-33-27-48(28-34-51)61(47-25-29-49(68-6)30-26-47)54-18-8-7-17-53(54)56(65)62(61)38-52-16-11-35-69-52/h7-37,55,64H,38H2,1-6H3. The van der Waals surface area contributed by atoms with Crippen molar-refractivity contribution >= 4 is 23.6 Å². The van der Waals surface area contributed by atoms with E-state index in [-0.39, 0.29) is 23.8 Å². The average molecular weight is 944 g/mol. The van der Waals surface area contributed by atoms with Crippen molar-refractivity contribution in [2.75, 3.05) is 7.11 Å². The molecule has 1 aliphatic heterocycles. The normalized spacial score (nSPS) is 14.9. The number of carbonyl (C=O) groups is 4. The molecular weight excluding hydrogens is 891 g/mol. The summed E-state index contributed by atoms with van der Waals surface area (Å²) in [6, 6.07) is 55.0. The third-order valence-corrected chi connectivity index (χ3v) is 13.8. The van der Waals surface area contributed by atoms with Crippen LogP contribution in [0.4, 0.5) is 0 Å². The Morgan fingerprint density at radius 1 is 0.606 bits per heavy atom. The fourth-order valence-corrected chi connectivity index (χ4v) is 9.59. The molecule has 7 aromatic carbocycles. The van der Waals surface area contributed by atoms with E-state index < -0.39 is 34.4 Å². The summed E-state index contributed by atoms with van der Waals surface area (Å²) in [5, 5.41) is 11.9. The van der Waals surface area contributed by atoms with E-state index in [9.17, 15) is 24.3 Å². The number of ether oxygens (including phenoxy) is 3. The minimum absolute atomic E-state index is 0.131. The zero-order valence-electron chi connectivity index (χ0n) is 40.3. The monoisotopic (exact) mass is 943 g/mol. The molecule has 0 fully saturated rings. The first-order valence-electron chi connectivity index (χ1n) is 23.3. The smallest absolute Gasteiger partial charge is 0.343 e. The van der Waals surface area contributed by atoms with Crippen molar-refractivity contribution in [1.82, 2.24) is 4.90 Å². The number of aliphatic hydroxyl groups excluding tert-OH is 1. The molecule has 0 saturated carbocycles. The largest absolute Gasteiger partial charge is 0.497 e. The molecule has 0 spiro atoms. The van der Waals surface area contributed by atoms with Crippen LogP contribution in [-0.2, 0) is 22.9 Å². The van der Waals surface area contributed by atoms with Crippen LogP contribution in [0.3, 0.4) is 0 Å². The molecule has 2 unspecified atom stereocenters. The van der Waals surface area contributed by atoms with Gasteiger partial charge in [-0.3, -0.25) is 9.59 Å². The summed E-state index contributed by atoms with van der Waals surface area (Å²) in [4.78, 5) is 54.6. The van der Waals surface area contributed by atoms with E-state index in [1.54, 1.807) is 86.2 Å². The number of aliphatic hydroxyl groups is 1. The summed E-state index contributed by atoms with van der Waals surface area (Å²) in [6.07, 6.45) is 0.609. The van der Waals surface area contributed by atoms with Gasteiger partial charge in [-0.1, -0.05) is 131 Å². The first kappa shape index (κ1) is 47.7. The van der Waals surface area contributed by atoms with Crippen LogP contribution in [0.2, 0.25) is 0 Å². The highest BCUT2D eigenvalue weighted by Gasteiger charge is 2.52. The van der Waals surface area contributed by atoms with Gasteiger partial charge in [0, 0.05) is 22.0 Å². The summed E-state index contributed by atoms with van der Waals surface area (Å²) in [6.45, 7) is 9.81. The summed E-state index contributed by atoms with van der Waals surface area (Å²) in [5.41, 5.74) is 5.27. The number of carbonyl (C=O) groups excluding carboxylic acids is 4. The molecule has 1 aromatic heterocycles. The van der Waals surface area contributed by atoms with E-state index in [0.717, 1.165) is 33.4 Å². The van der Waals surface area contributed by atoms with Gasteiger partial charge in [0.25, 0.3) is 5.91 Å².